The standard InChI is InChI=1S/C19H21NO7S/c1-11(18(23)20(2)12-7-8-28(25,26)10-12)27-19(24)15-9-16(21)13-5-3-4-6-14(13)17(15)22/h3-6,9,11-12,21-22H,7-8,10H2,1-2H3/t11-,12-/m1/s1. The summed E-state index contributed by atoms with van der Waals surface area (Å²) >= 11 is 0. The average Bonchev–Trinajstić information content (AvgIpc) is 3.03. The Morgan fingerprint density at radius 2 is 1.86 bits per heavy atom. The number of amides is 1. The van der Waals surface area contributed by atoms with Gasteiger partial charge in [0.1, 0.15) is 17.1 Å². The van der Waals surface area contributed by atoms with E-state index in [1.165, 1.54) is 18.9 Å². The van der Waals surface area contributed by atoms with Gasteiger partial charge < -0.3 is 19.8 Å². The van der Waals surface area contributed by atoms with E-state index in [9.17, 15) is 28.2 Å². The third-order valence-electron chi connectivity index (χ3n) is 4.95. The van der Waals surface area contributed by atoms with Crippen molar-refractivity contribution in [3.8, 4) is 11.5 Å². The molecule has 150 valence electrons. The van der Waals surface area contributed by atoms with E-state index in [2.05, 4.69) is 0 Å². The van der Waals surface area contributed by atoms with Crippen LogP contribution in [0.3, 0.4) is 0 Å². The van der Waals surface area contributed by atoms with Gasteiger partial charge in [0.2, 0.25) is 0 Å². The van der Waals surface area contributed by atoms with Gasteiger partial charge in [-0.25, -0.2) is 13.2 Å². The second-order valence-electron chi connectivity index (χ2n) is 6.89. The number of benzene rings is 2. The van der Waals surface area contributed by atoms with Crippen molar-refractivity contribution in [1.82, 2.24) is 4.90 Å². The number of phenolic OH excluding ortho intramolecular Hbond substituents is 2. The highest BCUT2D eigenvalue weighted by molar-refractivity contribution is 7.91. The van der Waals surface area contributed by atoms with Crippen LogP contribution >= 0.6 is 0 Å². The van der Waals surface area contributed by atoms with Gasteiger partial charge in [-0.2, -0.15) is 0 Å². The molecule has 2 N–H and O–H groups in total. The maximum Gasteiger partial charge on any atom is 0.342 e. The summed E-state index contributed by atoms with van der Waals surface area (Å²) in [6.45, 7) is 1.37. The fraction of sp³-hybridized carbons (Fsp3) is 0.368. The van der Waals surface area contributed by atoms with Crippen molar-refractivity contribution in [3.05, 3.63) is 35.9 Å². The molecule has 9 heteroatoms. The van der Waals surface area contributed by atoms with Crippen LogP contribution in [0.1, 0.15) is 23.7 Å². The molecule has 0 bridgehead atoms. The van der Waals surface area contributed by atoms with Gasteiger partial charge in [0.15, 0.2) is 15.9 Å². The van der Waals surface area contributed by atoms with Crippen molar-refractivity contribution in [2.24, 2.45) is 0 Å². The van der Waals surface area contributed by atoms with E-state index in [0.29, 0.717) is 11.8 Å². The Morgan fingerprint density at radius 1 is 1.21 bits per heavy atom. The van der Waals surface area contributed by atoms with Crippen LogP contribution in [0.2, 0.25) is 0 Å². The Bertz CT molecular complexity index is 1050. The predicted molar refractivity (Wildman–Crippen MR) is 102 cm³/mol. The molecular formula is C19H21NO7S. The number of nitrogens with zero attached hydrogens (tertiary/aromatic N) is 1. The normalized spacial score (nSPS) is 19.3. The van der Waals surface area contributed by atoms with E-state index in [0.717, 1.165) is 6.07 Å². The van der Waals surface area contributed by atoms with Crippen molar-refractivity contribution in [3.63, 3.8) is 0 Å². The molecule has 0 spiro atoms. The lowest BCUT2D eigenvalue weighted by Gasteiger charge is -2.26. The van der Waals surface area contributed by atoms with E-state index in [1.807, 2.05) is 0 Å². The summed E-state index contributed by atoms with van der Waals surface area (Å²) in [5.41, 5.74) is -0.262. The van der Waals surface area contributed by atoms with Crippen molar-refractivity contribution < 1.29 is 33.0 Å². The van der Waals surface area contributed by atoms with Gasteiger partial charge in [0.25, 0.3) is 5.91 Å². The van der Waals surface area contributed by atoms with E-state index < -0.39 is 33.9 Å². The van der Waals surface area contributed by atoms with E-state index in [4.69, 9.17) is 4.74 Å². The van der Waals surface area contributed by atoms with Crippen molar-refractivity contribution in [2.45, 2.75) is 25.5 Å². The summed E-state index contributed by atoms with van der Waals surface area (Å²) in [5, 5.41) is 21.1. The van der Waals surface area contributed by atoms with Crippen LogP contribution in [-0.2, 0) is 19.4 Å². The molecular weight excluding hydrogens is 386 g/mol. The molecule has 1 saturated heterocycles. The number of aromatic hydroxyl groups is 2. The Labute approximate surface area is 162 Å². The van der Waals surface area contributed by atoms with Gasteiger partial charge in [-0.3, -0.25) is 4.79 Å². The molecule has 1 aliphatic heterocycles. The largest absolute Gasteiger partial charge is 0.507 e. The topological polar surface area (TPSA) is 121 Å². The van der Waals surface area contributed by atoms with Crippen LogP contribution in [0.15, 0.2) is 30.3 Å². The predicted octanol–water partition coefficient (Wildman–Crippen LogP) is 1.44. The molecule has 1 amide bonds. The van der Waals surface area contributed by atoms with Gasteiger partial charge in [0.05, 0.1) is 11.5 Å². The SMILES string of the molecule is C[C@@H](OC(=O)c1cc(O)c2ccccc2c1O)C(=O)N(C)[C@@H]1CCS(=O)(=O)C1. The van der Waals surface area contributed by atoms with Crippen molar-refractivity contribution in [1.29, 1.82) is 0 Å². The molecule has 1 fully saturated rings. The highest BCUT2D eigenvalue weighted by Crippen LogP contribution is 2.35. The lowest BCUT2D eigenvalue weighted by atomic mass is 10.0. The molecule has 1 heterocycles. The summed E-state index contributed by atoms with van der Waals surface area (Å²) in [5.74, 6) is -2.16. The number of fused-ring (bicyclic) bond motifs is 1. The van der Waals surface area contributed by atoms with Crippen LogP contribution in [-0.4, -0.2) is 66.1 Å². The van der Waals surface area contributed by atoms with Crippen molar-refractivity contribution in [2.75, 3.05) is 18.6 Å². The Morgan fingerprint density at radius 3 is 2.46 bits per heavy atom. The Hall–Kier alpha value is -2.81. The fourth-order valence-corrected chi connectivity index (χ4v) is 5.09. The lowest BCUT2D eigenvalue weighted by molar-refractivity contribution is -0.140. The van der Waals surface area contributed by atoms with Gasteiger partial charge in [-0.05, 0) is 19.4 Å². The van der Waals surface area contributed by atoms with Crippen LogP contribution in [0.5, 0.6) is 11.5 Å². The van der Waals surface area contributed by atoms with Crippen molar-refractivity contribution >= 4 is 32.5 Å². The summed E-state index contributed by atoms with van der Waals surface area (Å²) in [6, 6.07) is 7.09. The molecule has 8 nitrogen and oxygen atoms in total. The molecule has 0 aliphatic carbocycles. The number of sulfone groups is 1. The molecule has 0 radical (unpaired) electrons. The van der Waals surface area contributed by atoms with E-state index in [-0.39, 0.29) is 34.0 Å². The van der Waals surface area contributed by atoms with E-state index in [1.54, 1.807) is 24.3 Å². The molecule has 0 unspecified atom stereocenters. The van der Waals surface area contributed by atoms with Gasteiger partial charge in [0, 0.05) is 23.9 Å². The monoisotopic (exact) mass is 407 g/mol. The number of likely N-dealkylation sites (N-methyl/N-ethyl adjacent to an activating group) is 1. The zero-order valence-corrected chi connectivity index (χ0v) is 16.3. The summed E-state index contributed by atoms with van der Waals surface area (Å²) in [6.07, 6.45) is -0.848. The maximum atomic E-state index is 12.5. The van der Waals surface area contributed by atoms with Gasteiger partial charge >= 0.3 is 5.97 Å². The number of carbonyl (C=O) groups excluding carboxylic acids is 2. The zero-order valence-electron chi connectivity index (χ0n) is 15.5. The molecule has 3 rings (SSSR count). The van der Waals surface area contributed by atoms with Crippen LogP contribution in [0.25, 0.3) is 10.8 Å². The van der Waals surface area contributed by atoms with Crippen LogP contribution in [0, 0.1) is 0 Å². The number of ether oxygens (including phenoxy) is 1. The molecule has 2 atom stereocenters. The third kappa shape index (κ3) is 3.75. The van der Waals surface area contributed by atoms with Crippen LogP contribution < -0.4 is 0 Å². The summed E-state index contributed by atoms with van der Waals surface area (Å²) in [4.78, 5) is 26.3. The molecule has 28 heavy (non-hydrogen) atoms. The highest BCUT2D eigenvalue weighted by atomic mass is 32.2. The molecule has 0 saturated carbocycles. The van der Waals surface area contributed by atoms with E-state index >= 15 is 0 Å². The Balaban J connectivity index is 1.76. The van der Waals surface area contributed by atoms with Crippen LogP contribution in [0.4, 0.5) is 0 Å². The number of carbonyl (C=O) groups is 2. The molecule has 0 aromatic heterocycles. The number of phenols is 2. The summed E-state index contributed by atoms with van der Waals surface area (Å²) in [7, 11) is -1.69. The number of rotatable bonds is 4. The first-order valence-electron chi connectivity index (χ1n) is 8.72. The maximum absolute atomic E-state index is 12.5. The number of esters is 1. The zero-order chi connectivity index (χ0) is 20.6. The fourth-order valence-electron chi connectivity index (χ4n) is 3.32. The molecule has 1 aliphatic rings. The first-order chi connectivity index (χ1) is 13.1. The molecule has 2 aromatic rings. The smallest absolute Gasteiger partial charge is 0.342 e. The minimum absolute atomic E-state index is 0.0215. The molecule has 2 aromatic carbocycles. The summed E-state index contributed by atoms with van der Waals surface area (Å²) < 4.78 is 28.4. The minimum Gasteiger partial charge on any atom is -0.507 e. The second-order valence-corrected chi connectivity index (χ2v) is 9.12. The minimum atomic E-state index is -3.16. The first kappa shape index (κ1) is 19.9. The number of hydrogen-bond donors (Lipinski definition) is 2. The third-order valence-corrected chi connectivity index (χ3v) is 6.70. The highest BCUT2D eigenvalue weighted by Gasteiger charge is 2.35. The number of hydrogen-bond acceptors (Lipinski definition) is 7. The lowest BCUT2D eigenvalue weighted by Crippen LogP contribution is -2.44. The quantitative estimate of drug-likeness (QED) is 0.581. The van der Waals surface area contributed by atoms with Gasteiger partial charge in [-0.15, -0.1) is 0 Å². The Kier molecular flexibility index (Phi) is 5.20. The van der Waals surface area contributed by atoms with Gasteiger partial charge in [-0.1, -0.05) is 24.3 Å². The first-order valence-corrected chi connectivity index (χ1v) is 10.5. The second kappa shape index (κ2) is 7.31. The average molecular weight is 407 g/mol.